The third-order valence-corrected chi connectivity index (χ3v) is 6.37. The lowest BCUT2D eigenvalue weighted by Crippen LogP contribution is -1.93. The van der Waals surface area contributed by atoms with E-state index in [2.05, 4.69) is 36.2 Å². The largest absolute Gasteiger partial charge is 0.226 e. The first-order valence-corrected chi connectivity index (χ1v) is 9.48. The molecule has 0 saturated carbocycles. The molecule has 2 nitrogen and oxygen atoms in total. The molecule has 0 N–H and O–H groups in total. The molecule has 112 valence electrons. The third kappa shape index (κ3) is 2.55. The second-order valence-electron chi connectivity index (χ2n) is 5.89. The molecular weight excluding hydrogens is 308 g/mol. The average molecular weight is 326 g/mol. The Morgan fingerprint density at radius 3 is 2.73 bits per heavy atom. The summed E-state index contributed by atoms with van der Waals surface area (Å²) < 4.78 is 0. The molecule has 0 radical (unpaired) electrons. The van der Waals surface area contributed by atoms with E-state index in [1.54, 1.807) is 0 Å². The maximum atomic E-state index is 4.74. The zero-order chi connectivity index (χ0) is 15.1. The maximum absolute atomic E-state index is 4.74. The van der Waals surface area contributed by atoms with Gasteiger partial charge in [0.15, 0.2) is 0 Å². The first-order valence-electron chi connectivity index (χ1n) is 7.68. The van der Waals surface area contributed by atoms with Crippen LogP contribution in [0.4, 0.5) is 0 Å². The van der Waals surface area contributed by atoms with Crippen LogP contribution in [0.5, 0.6) is 0 Å². The monoisotopic (exact) mass is 326 g/mol. The van der Waals surface area contributed by atoms with Crippen molar-refractivity contribution in [3.05, 3.63) is 51.7 Å². The predicted molar refractivity (Wildman–Crippen MR) is 94.9 cm³/mol. The van der Waals surface area contributed by atoms with Gasteiger partial charge in [-0.2, -0.15) is 0 Å². The van der Waals surface area contributed by atoms with E-state index < -0.39 is 0 Å². The molecule has 1 aliphatic rings. The Morgan fingerprint density at radius 2 is 1.91 bits per heavy atom. The number of aryl methyl sites for hydroxylation is 4. The normalized spacial score (nSPS) is 13.7. The zero-order valence-corrected chi connectivity index (χ0v) is 14.5. The summed E-state index contributed by atoms with van der Waals surface area (Å²) in [7, 11) is 0. The Morgan fingerprint density at radius 1 is 1.09 bits per heavy atom. The van der Waals surface area contributed by atoms with E-state index >= 15 is 0 Å². The molecule has 0 saturated heterocycles. The van der Waals surface area contributed by atoms with Crippen LogP contribution in [0.1, 0.15) is 33.8 Å². The first-order chi connectivity index (χ1) is 10.7. The Balaban J connectivity index is 1.70. The lowest BCUT2D eigenvalue weighted by Gasteiger charge is -2.06. The van der Waals surface area contributed by atoms with Gasteiger partial charge in [-0.25, -0.2) is 9.97 Å². The second-order valence-corrected chi connectivity index (χ2v) is 7.94. The fourth-order valence-electron chi connectivity index (χ4n) is 3.00. The molecule has 0 amide bonds. The van der Waals surface area contributed by atoms with E-state index in [0.717, 1.165) is 11.6 Å². The molecule has 22 heavy (non-hydrogen) atoms. The van der Waals surface area contributed by atoms with E-state index in [4.69, 9.17) is 4.98 Å². The smallest absolute Gasteiger partial charge is 0.128 e. The minimum absolute atomic E-state index is 0.888. The summed E-state index contributed by atoms with van der Waals surface area (Å²) in [5.41, 5.74) is 4.18. The highest BCUT2D eigenvalue weighted by Crippen LogP contribution is 2.41. The predicted octanol–water partition coefficient (Wildman–Crippen LogP) is 5.09. The molecule has 1 aromatic carbocycles. The van der Waals surface area contributed by atoms with Gasteiger partial charge in [0.25, 0.3) is 0 Å². The summed E-state index contributed by atoms with van der Waals surface area (Å²) in [5.74, 6) is 1.86. The van der Waals surface area contributed by atoms with Gasteiger partial charge in [-0.15, -0.1) is 23.1 Å². The van der Waals surface area contributed by atoms with Crippen molar-refractivity contribution >= 4 is 33.3 Å². The number of thioether (sulfide) groups is 1. The lowest BCUT2D eigenvalue weighted by atomic mass is 10.2. The van der Waals surface area contributed by atoms with Gasteiger partial charge < -0.3 is 0 Å². The zero-order valence-electron chi connectivity index (χ0n) is 12.8. The topological polar surface area (TPSA) is 25.8 Å². The molecule has 0 aliphatic heterocycles. The maximum Gasteiger partial charge on any atom is 0.128 e. The molecule has 2 aromatic heterocycles. The Bertz CT molecular complexity index is 834. The van der Waals surface area contributed by atoms with Gasteiger partial charge in [-0.05, 0) is 44.2 Å². The Labute approximate surface area is 139 Å². The van der Waals surface area contributed by atoms with Crippen LogP contribution in [0.3, 0.4) is 0 Å². The van der Waals surface area contributed by atoms with E-state index in [1.807, 2.05) is 30.0 Å². The summed E-state index contributed by atoms with van der Waals surface area (Å²) in [5, 5.41) is 2.50. The van der Waals surface area contributed by atoms with Crippen molar-refractivity contribution in [2.24, 2.45) is 0 Å². The first kappa shape index (κ1) is 14.2. The molecular formula is C18H18N2S2. The highest BCUT2D eigenvalue weighted by molar-refractivity contribution is 7.98. The van der Waals surface area contributed by atoms with Gasteiger partial charge >= 0.3 is 0 Å². The summed E-state index contributed by atoms with van der Waals surface area (Å²) in [6.07, 6.45) is 3.70. The van der Waals surface area contributed by atoms with Crippen LogP contribution in [0, 0.1) is 13.8 Å². The van der Waals surface area contributed by atoms with Crippen LogP contribution in [-0.2, 0) is 18.6 Å². The third-order valence-electron chi connectivity index (χ3n) is 4.14. The Hall–Kier alpha value is -1.39. The van der Waals surface area contributed by atoms with Gasteiger partial charge in [-0.1, -0.05) is 29.8 Å². The van der Waals surface area contributed by atoms with E-state index in [0.29, 0.717) is 0 Å². The van der Waals surface area contributed by atoms with E-state index in [1.165, 1.54) is 56.1 Å². The minimum atomic E-state index is 0.888. The standard InChI is InChI=1S/C18H18N2S2/c1-11-6-8-13(9-7-11)10-21-17-16-14-4-3-5-15(14)22-18(16)20-12(2)19-17/h6-9H,3-5,10H2,1-2H3. The molecule has 0 unspecified atom stereocenters. The molecule has 1 aliphatic carbocycles. The van der Waals surface area contributed by atoms with Crippen LogP contribution < -0.4 is 0 Å². The number of rotatable bonds is 3. The fourth-order valence-corrected chi connectivity index (χ4v) is 5.43. The quantitative estimate of drug-likeness (QED) is 0.495. The minimum Gasteiger partial charge on any atom is -0.226 e. The molecule has 4 rings (SSSR count). The number of thiophene rings is 1. The molecule has 2 heterocycles. The Kier molecular flexibility index (Phi) is 3.66. The van der Waals surface area contributed by atoms with Gasteiger partial charge in [0, 0.05) is 16.0 Å². The van der Waals surface area contributed by atoms with Crippen molar-refractivity contribution in [2.75, 3.05) is 0 Å². The second kappa shape index (κ2) is 5.67. The highest BCUT2D eigenvalue weighted by atomic mass is 32.2. The van der Waals surface area contributed by atoms with Crippen LogP contribution >= 0.6 is 23.1 Å². The van der Waals surface area contributed by atoms with Crippen molar-refractivity contribution < 1.29 is 0 Å². The highest BCUT2D eigenvalue weighted by Gasteiger charge is 2.21. The van der Waals surface area contributed by atoms with Crippen molar-refractivity contribution in [1.29, 1.82) is 0 Å². The number of nitrogens with zero attached hydrogens (tertiary/aromatic N) is 2. The SMILES string of the molecule is Cc1ccc(CSc2nc(C)nc3sc4c(c23)CCC4)cc1. The number of hydrogen-bond donors (Lipinski definition) is 0. The number of aromatic nitrogens is 2. The van der Waals surface area contributed by atoms with E-state index in [9.17, 15) is 0 Å². The van der Waals surface area contributed by atoms with Gasteiger partial charge in [-0.3, -0.25) is 0 Å². The van der Waals surface area contributed by atoms with Gasteiger partial charge in [0.1, 0.15) is 15.7 Å². The summed E-state index contributed by atoms with van der Waals surface area (Å²) in [6.45, 7) is 4.13. The van der Waals surface area contributed by atoms with Crippen molar-refractivity contribution in [3.8, 4) is 0 Å². The fraction of sp³-hybridized carbons (Fsp3) is 0.333. The summed E-state index contributed by atoms with van der Waals surface area (Å²) >= 11 is 3.72. The number of fused-ring (bicyclic) bond motifs is 3. The molecule has 3 aromatic rings. The summed E-state index contributed by atoms with van der Waals surface area (Å²) in [4.78, 5) is 12.1. The van der Waals surface area contributed by atoms with Crippen molar-refractivity contribution in [1.82, 2.24) is 9.97 Å². The van der Waals surface area contributed by atoms with Gasteiger partial charge in [0.2, 0.25) is 0 Å². The molecule has 0 bridgehead atoms. The summed E-state index contributed by atoms with van der Waals surface area (Å²) in [6, 6.07) is 8.79. The van der Waals surface area contributed by atoms with Crippen molar-refractivity contribution in [2.45, 2.75) is 43.9 Å². The van der Waals surface area contributed by atoms with Crippen LogP contribution in [0.25, 0.3) is 10.2 Å². The van der Waals surface area contributed by atoms with Gasteiger partial charge in [0.05, 0.1) is 0 Å². The number of benzene rings is 1. The van der Waals surface area contributed by atoms with E-state index in [-0.39, 0.29) is 0 Å². The van der Waals surface area contributed by atoms with Crippen LogP contribution in [0.2, 0.25) is 0 Å². The lowest BCUT2D eigenvalue weighted by molar-refractivity contribution is 0.914. The molecule has 4 heteroatoms. The molecule has 0 spiro atoms. The van der Waals surface area contributed by atoms with Crippen LogP contribution in [-0.4, -0.2) is 9.97 Å². The molecule has 0 atom stereocenters. The van der Waals surface area contributed by atoms with Crippen molar-refractivity contribution in [3.63, 3.8) is 0 Å². The van der Waals surface area contributed by atoms with Crippen LogP contribution in [0.15, 0.2) is 29.3 Å². The molecule has 0 fully saturated rings. The average Bonchev–Trinajstić information content (AvgIpc) is 3.06. The number of hydrogen-bond acceptors (Lipinski definition) is 4.